The topological polar surface area (TPSA) is 193 Å². The Labute approximate surface area is 290 Å². The van der Waals surface area contributed by atoms with Crippen LogP contribution in [0, 0.1) is 0 Å². The quantitative estimate of drug-likeness (QED) is 0.259. The van der Waals surface area contributed by atoms with Crippen molar-refractivity contribution in [2.24, 2.45) is 0 Å². The molecule has 1 aromatic carbocycles. The van der Waals surface area contributed by atoms with E-state index in [2.05, 4.69) is 22.2 Å². The van der Waals surface area contributed by atoms with E-state index in [1.54, 1.807) is 27.0 Å². The van der Waals surface area contributed by atoms with E-state index in [4.69, 9.17) is 9.47 Å². The fourth-order valence-electron chi connectivity index (χ4n) is 5.51. The van der Waals surface area contributed by atoms with Crippen LogP contribution in [0.5, 0.6) is 5.88 Å². The second kappa shape index (κ2) is 14.9. The first-order chi connectivity index (χ1) is 23.6. The number of benzene rings is 1. The number of alkyl carbamates (subject to hydrolysis) is 1. The molecule has 5 rings (SSSR count). The van der Waals surface area contributed by atoms with E-state index in [9.17, 15) is 32.4 Å². The molecule has 0 bridgehead atoms. The van der Waals surface area contributed by atoms with Crippen molar-refractivity contribution in [2.75, 3.05) is 13.1 Å². The zero-order valence-electron chi connectivity index (χ0n) is 28.2. The molecule has 3 fully saturated rings. The molecule has 1 aliphatic heterocycles. The van der Waals surface area contributed by atoms with E-state index in [1.165, 1.54) is 16.0 Å². The summed E-state index contributed by atoms with van der Waals surface area (Å²) in [5, 5.41) is 6.04. The number of likely N-dealkylation sites (tertiary alicyclic amines) is 1. The third-order valence-corrected chi connectivity index (χ3v) is 10.0. The lowest BCUT2D eigenvalue weighted by Gasteiger charge is -2.31. The van der Waals surface area contributed by atoms with Gasteiger partial charge in [-0.25, -0.2) is 22.9 Å². The highest BCUT2D eigenvalue weighted by atomic mass is 32.2. The first-order valence-electron chi connectivity index (χ1n) is 16.4. The molecule has 3 N–H and O–H groups in total. The first-order valence-corrected chi connectivity index (χ1v) is 18.0. The van der Waals surface area contributed by atoms with Crippen molar-refractivity contribution >= 4 is 50.5 Å². The molecule has 0 radical (unpaired) electrons. The molecule has 2 heterocycles. The lowest BCUT2D eigenvalue weighted by atomic mass is 10.1. The number of nitrogens with zero attached hydrogens (tertiary/aromatic N) is 3. The predicted octanol–water partition coefficient (Wildman–Crippen LogP) is 1.89. The van der Waals surface area contributed by atoms with Gasteiger partial charge in [0.15, 0.2) is 0 Å². The summed E-state index contributed by atoms with van der Waals surface area (Å²) in [6.45, 7) is 7.97. The van der Waals surface area contributed by atoms with E-state index in [-0.39, 0.29) is 25.6 Å². The summed E-state index contributed by atoms with van der Waals surface area (Å²) in [6.07, 6.45) is 5.47. The maximum absolute atomic E-state index is 14.3. The highest BCUT2D eigenvalue weighted by molar-refractivity contribution is 7.91. The van der Waals surface area contributed by atoms with Gasteiger partial charge in [0, 0.05) is 42.9 Å². The monoisotopic (exact) mass is 710 g/mol. The van der Waals surface area contributed by atoms with Crippen molar-refractivity contribution in [2.45, 2.75) is 88.0 Å². The average molecular weight is 711 g/mol. The number of carbonyl (C=O) groups excluding carboxylic acids is 5. The molecule has 1 aromatic heterocycles. The molecule has 3 unspecified atom stereocenters. The van der Waals surface area contributed by atoms with E-state index < -0.39 is 68.8 Å². The minimum atomic E-state index is -3.80. The molecule has 268 valence electrons. The number of aromatic nitrogens is 1. The maximum atomic E-state index is 14.3. The highest BCUT2D eigenvalue weighted by Crippen LogP contribution is 2.33. The van der Waals surface area contributed by atoms with Gasteiger partial charge in [0.05, 0.1) is 11.8 Å². The van der Waals surface area contributed by atoms with Crippen LogP contribution in [0.25, 0.3) is 10.8 Å². The SMILES string of the molecule is C=CC(=O)NCC(NC(=O)OC(C)(C)C)C(=O)N1CC(Oc2nccc3ccccc23)CC1C(=O)N(C=CC(=O)NS(=O)(=O)C1CC1)C1CC1. The molecule has 2 saturated carbocycles. The van der Waals surface area contributed by atoms with Gasteiger partial charge in [0.1, 0.15) is 23.8 Å². The highest BCUT2D eigenvalue weighted by Gasteiger charge is 2.47. The third-order valence-electron chi connectivity index (χ3n) is 8.19. The molecule has 2 aliphatic carbocycles. The molecule has 15 nitrogen and oxygen atoms in total. The Morgan fingerprint density at radius 2 is 1.80 bits per heavy atom. The Balaban J connectivity index is 1.42. The number of fused-ring (bicyclic) bond motifs is 1. The minimum Gasteiger partial charge on any atom is -0.472 e. The zero-order valence-corrected chi connectivity index (χ0v) is 29.0. The van der Waals surface area contributed by atoms with Gasteiger partial charge in [0.2, 0.25) is 33.6 Å². The van der Waals surface area contributed by atoms with E-state index in [0.717, 1.165) is 22.9 Å². The van der Waals surface area contributed by atoms with Crippen LogP contribution >= 0.6 is 0 Å². The Bertz CT molecular complexity index is 1790. The number of hydrogen-bond acceptors (Lipinski definition) is 10. The first kappa shape index (κ1) is 36.3. The van der Waals surface area contributed by atoms with Gasteiger partial charge in [-0.15, -0.1) is 0 Å². The summed E-state index contributed by atoms with van der Waals surface area (Å²) < 4.78 is 38.2. The Morgan fingerprint density at radius 1 is 1.08 bits per heavy atom. The van der Waals surface area contributed by atoms with Crippen LogP contribution in [-0.4, -0.2) is 101 Å². The summed E-state index contributed by atoms with van der Waals surface area (Å²) in [7, 11) is -3.80. The number of amides is 5. The molecular weight excluding hydrogens is 668 g/mol. The van der Waals surface area contributed by atoms with Crippen LogP contribution in [0.2, 0.25) is 0 Å². The molecule has 2 aromatic rings. The number of pyridine rings is 1. The maximum Gasteiger partial charge on any atom is 0.408 e. The normalized spacial score (nSPS) is 19.8. The van der Waals surface area contributed by atoms with Crippen LogP contribution in [0.1, 0.15) is 52.9 Å². The van der Waals surface area contributed by atoms with E-state index in [0.29, 0.717) is 31.6 Å². The molecule has 1 saturated heterocycles. The number of carbonyl (C=O) groups is 5. The van der Waals surface area contributed by atoms with E-state index in [1.807, 2.05) is 35.1 Å². The van der Waals surface area contributed by atoms with Crippen molar-refractivity contribution in [1.82, 2.24) is 30.1 Å². The Morgan fingerprint density at radius 3 is 2.46 bits per heavy atom. The van der Waals surface area contributed by atoms with Crippen molar-refractivity contribution < 1.29 is 41.9 Å². The lowest BCUT2D eigenvalue weighted by Crippen LogP contribution is -2.57. The summed E-state index contributed by atoms with van der Waals surface area (Å²) in [6, 6.07) is 6.55. The second-order valence-corrected chi connectivity index (χ2v) is 15.4. The van der Waals surface area contributed by atoms with Gasteiger partial charge < -0.3 is 29.9 Å². The summed E-state index contributed by atoms with van der Waals surface area (Å²) in [5.74, 6) is -2.39. The van der Waals surface area contributed by atoms with Gasteiger partial charge in [0.25, 0.3) is 5.91 Å². The van der Waals surface area contributed by atoms with Crippen LogP contribution in [-0.2, 0) is 33.9 Å². The van der Waals surface area contributed by atoms with Gasteiger partial charge in [-0.1, -0.05) is 24.8 Å². The van der Waals surface area contributed by atoms with Crippen molar-refractivity contribution in [3.63, 3.8) is 0 Å². The number of ether oxygens (including phenoxy) is 2. The summed E-state index contributed by atoms with van der Waals surface area (Å²) in [4.78, 5) is 73.0. The molecule has 16 heteroatoms. The smallest absolute Gasteiger partial charge is 0.408 e. The van der Waals surface area contributed by atoms with E-state index >= 15 is 0 Å². The molecular formula is C34H42N6O9S. The van der Waals surface area contributed by atoms with Crippen LogP contribution in [0.3, 0.4) is 0 Å². The Hall–Kier alpha value is -4.99. The van der Waals surface area contributed by atoms with Gasteiger partial charge in [-0.05, 0) is 70.0 Å². The minimum absolute atomic E-state index is 0.0347. The molecule has 0 spiro atoms. The molecule has 50 heavy (non-hydrogen) atoms. The van der Waals surface area contributed by atoms with Gasteiger partial charge in [-0.2, -0.15) is 0 Å². The fourth-order valence-corrected chi connectivity index (χ4v) is 6.78. The second-order valence-electron chi connectivity index (χ2n) is 13.5. The zero-order chi connectivity index (χ0) is 36.2. The van der Waals surface area contributed by atoms with Gasteiger partial charge in [-0.3, -0.25) is 19.2 Å². The predicted molar refractivity (Wildman–Crippen MR) is 182 cm³/mol. The summed E-state index contributed by atoms with van der Waals surface area (Å²) >= 11 is 0. The van der Waals surface area contributed by atoms with Crippen molar-refractivity contribution in [3.8, 4) is 5.88 Å². The van der Waals surface area contributed by atoms with Crippen LogP contribution in [0.4, 0.5) is 4.79 Å². The summed E-state index contributed by atoms with van der Waals surface area (Å²) in [5.41, 5.74) is -0.889. The third kappa shape index (κ3) is 9.37. The lowest BCUT2D eigenvalue weighted by molar-refractivity contribution is -0.143. The molecule has 3 aliphatic rings. The number of rotatable bonds is 13. The molecule has 5 amide bonds. The molecule has 3 atom stereocenters. The van der Waals surface area contributed by atoms with Crippen LogP contribution in [0.15, 0.2) is 61.5 Å². The largest absolute Gasteiger partial charge is 0.472 e. The number of sulfonamides is 1. The van der Waals surface area contributed by atoms with Crippen LogP contribution < -0.4 is 20.1 Å². The number of nitrogens with one attached hydrogen (secondary N) is 3. The van der Waals surface area contributed by atoms with Crippen molar-refractivity contribution in [3.05, 3.63) is 61.5 Å². The Kier molecular flexibility index (Phi) is 10.8. The van der Waals surface area contributed by atoms with Crippen molar-refractivity contribution in [1.29, 1.82) is 0 Å². The fraction of sp³-hybridized carbons (Fsp3) is 0.471. The van der Waals surface area contributed by atoms with Gasteiger partial charge >= 0.3 is 6.09 Å². The number of hydrogen-bond donors (Lipinski definition) is 3. The average Bonchev–Trinajstić information content (AvgIpc) is 3.99. The standard InChI is InChI=1S/C34H42N6O9S/c1-5-28(41)36-19-26(37-33(45)49-34(2,3)4)31(43)40-20-23(48-30-25-9-7-6-8-21(25)14-16-35-30)18-27(40)32(44)39(22-10-11-22)17-15-29(42)38-50(46,47)24-12-13-24/h5-9,14-17,22-24,26-27H,1,10-13,18-20H2,2-4H3,(H,36,41)(H,37,45)(H,38,42).